The molecule has 3 aromatic rings. The molecule has 0 atom stereocenters. The molecule has 0 aliphatic heterocycles. The van der Waals surface area contributed by atoms with E-state index in [1.165, 1.54) is 22.2 Å². The number of halogens is 4. The van der Waals surface area contributed by atoms with Crippen LogP contribution in [0.15, 0.2) is 40.4 Å². The molecule has 0 fully saturated rings. The van der Waals surface area contributed by atoms with Gasteiger partial charge in [0.25, 0.3) is 11.8 Å². The molecule has 0 radical (unpaired) electrons. The first-order valence-corrected chi connectivity index (χ1v) is 9.22. The van der Waals surface area contributed by atoms with Gasteiger partial charge in [-0.3, -0.25) is 20.4 Å². The van der Waals surface area contributed by atoms with Crippen LogP contribution >= 0.6 is 27.3 Å². The summed E-state index contributed by atoms with van der Waals surface area (Å²) in [6.07, 6.45) is -2.57. The highest BCUT2D eigenvalue weighted by Gasteiger charge is 2.30. The molecular weight excluding hydrogens is 463 g/mol. The van der Waals surface area contributed by atoms with E-state index in [9.17, 15) is 22.8 Å². The molecule has 0 saturated heterocycles. The molecule has 3 aromatic heterocycles. The van der Waals surface area contributed by atoms with E-state index >= 15 is 0 Å². The number of aromatic nitrogens is 3. The number of alkyl halides is 3. The lowest BCUT2D eigenvalue weighted by molar-refractivity contribution is -0.137. The van der Waals surface area contributed by atoms with Crippen LogP contribution in [0.4, 0.5) is 13.2 Å². The van der Waals surface area contributed by atoms with Gasteiger partial charge >= 0.3 is 6.18 Å². The fraction of sp³-hybridized carbons (Fsp3) is 0.125. The molecule has 3 rings (SSSR count). The van der Waals surface area contributed by atoms with Crippen LogP contribution < -0.4 is 10.9 Å². The minimum atomic E-state index is -4.49. The lowest BCUT2D eigenvalue weighted by Crippen LogP contribution is -2.41. The highest BCUT2D eigenvalue weighted by atomic mass is 79.9. The number of hydrogen-bond donors (Lipinski definition) is 2. The molecule has 2 N–H and O–H groups in total. The molecule has 0 aliphatic carbocycles. The van der Waals surface area contributed by atoms with Crippen molar-refractivity contribution in [1.29, 1.82) is 0 Å². The second kappa shape index (κ2) is 7.72. The van der Waals surface area contributed by atoms with E-state index in [2.05, 4.69) is 36.9 Å². The van der Waals surface area contributed by atoms with Crippen molar-refractivity contribution in [3.63, 3.8) is 0 Å². The highest BCUT2D eigenvalue weighted by Crippen LogP contribution is 2.28. The van der Waals surface area contributed by atoms with Crippen molar-refractivity contribution in [1.82, 2.24) is 25.6 Å². The molecule has 146 valence electrons. The Morgan fingerprint density at radius 1 is 1.11 bits per heavy atom. The van der Waals surface area contributed by atoms with Gasteiger partial charge in [0.05, 0.1) is 31.7 Å². The zero-order chi connectivity index (χ0) is 20.5. The molecule has 28 heavy (non-hydrogen) atoms. The molecule has 0 saturated carbocycles. The maximum Gasteiger partial charge on any atom is 0.417 e. The number of nitrogens with one attached hydrogen (secondary N) is 2. The van der Waals surface area contributed by atoms with Crippen molar-refractivity contribution < 1.29 is 22.8 Å². The van der Waals surface area contributed by atoms with Gasteiger partial charge in [0, 0.05) is 6.20 Å². The largest absolute Gasteiger partial charge is 0.417 e. The molecule has 0 aromatic carbocycles. The number of pyridine rings is 1. The summed E-state index contributed by atoms with van der Waals surface area (Å²) in [4.78, 5) is 28.4. The average Bonchev–Trinajstić information content (AvgIpc) is 3.24. The summed E-state index contributed by atoms with van der Waals surface area (Å²) in [6.45, 7) is 1.56. The van der Waals surface area contributed by atoms with Gasteiger partial charge in [-0.1, -0.05) is 0 Å². The van der Waals surface area contributed by atoms with Crippen LogP contribution in [0.5, 0.6) is 0 Å². The zero-order valence-electron chi connectivity index (χ0n) is 14.0. The van der Waals surface area contributed by atoms with E-state index in [1.54, 1.807) is 19.1 Å². The van der Waals surface area contributed by atoms with Crippen molar-refractivity contribution >= 4 is 39.1 Å². The minimum Gasteiger partial charge on any atom is -0.267 e. The molecule has 3 heterocycles. The number of amides is 2. The van der Waals surface area contributed by atoms with Gasteiger partial charge in [-0.25, -0.2) is 9.67 Å². The number of thiophene rings is 1. The predicted molar refractivity (Wildman–Crippen MR) is 98.0 cm³/mol. The van der Waals surface area contributed by atoms with Crippen LogP contribution in [0.2, 0.25) is 0 Å². The smallest absolute Gasteiger partial charge is 0.267 e. The van der Waals surface area contributed by atoms with Crippen LogP contribution in [0.25, 0.3) is 5.82 Å². The zero-order valence-corrected chi connectivity index (χ0v) is 16.4. The number of nitrogens with zero attached hydrogens (tertiary/aromatic N) is 3. The lowest BCUT2D eigenvalue weighted by atomic mass is 10.2. The number of carbonyl (C=O) groups excluding carboxylic acids is 2. The van der Waals surface area contributed by atoms with Gasteiger partial charge in [0.15, 0.2) is 5.82 Å². The van der Waals surface area contributed by atoms with Crippen molar-refractivity contribution in [3.05, 3.63) is 62.1 Å². The highest BCUT2D eigenvalue weighted by molar-refractivity contribution is 9.11. The van der Waals surface area contributed by atoms with Crippen LogP contribution in [0, 0.1) is 6.92 Å². The summed E-state index contributed by atoms with van der Waals surface area (Å²) >= 11 is 4.44. The summed E-state index contributed by atoms with van der Waals surface area (Å²) in [5.41, 5.74) is 4.15. The topological polar surface area (TPSA) is 88.9 Å². The van der Waals surface area contributed by atoms with E-state index < -0.39 is 23.6 Å². The Kier molecular flexibility index (Phi) is 5.52. The Hall–Kier alpha value is -2.73. The third-order valence-electron chi connectivity index (χ3n) is 3.63. The molecule has 0 spiro atoms. The van der Waals surface area contributed by atoms with Crippen LogP contribution in [0.3, 0.4) is 0 Å². The molecule has 12 heteroatoms. The Balaban J connectivity index is 1.71. The predicted octanol–water partition coefficient (Wildman–Crippen LogP) is 3.49. The summed E-state index contributed by atoms with van der Waals surface area (Å²) in [5.74, 6) is -0.991. The van der Waals surface area contributed by atoms with Crippen LogP contribution in [-0.4, -0.2) is 26.6 Å². The maximum atomic E-state index is 12.6. The fourth-order valence-corrected chi connectivity index (χ4v) is 3.50. The first-order valence-electron chi connectivity index (χ1n) is 7.61. The fourth-order valence-electron chi connectivity index (χ4n) is 2.22. The van der Waals surface area contributed by atoms with Crippen molar-refractivity contribution in [2.24, 2.45) is 0 Å². The average molecular weight is 474 g/mol. The normalized spacial score (nSPS) is 11.3. The van der Waals surface area contributed by atoms with Gasteiger partial charge in [-0.15, -0.1) is 11.3 Å². The third-order valence-corrected chi connectivity index (χ3v) is 5.26. The minimum absolute atomic E-state index is 0.122. The number of carbonyl (C=O) groups is 2. The van der Waals surface area contributed by atoms with Gasteiger partial charge in [0.1, 0.15) is 0 Å². The number of hydrazine groups is 1. The maximum absolute atomic E-state index is 12.6. The Morgan fingerprint density at radius 2 is 1.82 bits per heavy atom. The van der Waals surface area contributed by atoms with Crippen molar-refractivity contribution in [3.8, 4) is 5.82 Å². The van der Waals surface area contributed by atoms with Gasteiger partial charge in [0.2, 0.25) is 0 Å². The molecule has 0 aliphatic rings. The SMILES string of the molecule is Cc1c(C(=O)NNC(=O)c2ccc(Br)s2)cnn1-c1ccc(C(F)(F)F)cn1. The summed E-state index contributed by atoms with van der Waals surface area (Å²) < 4.78 is 39.9. The third kappa shape index (κ3) is 4.22. The van der Waals surface area contributed by atoms with Crippen molar-refractivity contribution in [2.75, 3.05) is 0 Å². The Bertz CT molecular complexity index is 1030. The summed E-state index contributed by atoms with van der Waals surface area (Å²) in [5, 5.41) is 3.98. The number of hydrogen-bond acceptors (Lipinski definition) is 5. The van der Waals surface area contributed by atoms with E-state index in [0.717, 1.165) is 15.9 Å². The second-order valence-corrected chi connectivity index (χ2v) is 7.93. The second-order valence-electron chi connectivity index (χ2n) is 5.47. The van der Waals surface area contributed by atoms with E-state index in [1.807, 2.05) is 0 Å². The van der Waals surface area contributed by atoms with Gasteiger partial charge < -0.3 is 0 Å². The molecule has 0 unspecified atom stereocenters. The standard InChI is InChI=1S/C16H11BrF3N5O2S/c1-8-10(14(26)23-24-15(27)11-3-4-12(17)28-11)7-22-25(8)13-5-2-9(6-21-13)16(18,19)20/h2-7H,1H3,(H,23,26)(H,24,27). The van der Waals surface area contributed by atoms with E-state index in [0.29, 0.717) is 16.8 Å². The quantitative estimate of drug-likeness (QED) is 0.569. The van der Waals surface area contributed by atoms with Crippen molar-refractivity contribution in [2.45, 2.75) is 13.1 Å². The monoisotopic (exact) mass is 473 g/mol. The van der Waals surface area contributed by atoms with Crippen LogP contribution in [-0.2, 0) is 6.18 Å². The van der Waals surface area contributed by atoms with Gasteiger partial charge in [-0.05, 0) is 47.1 Å². The molecule has 0 bridgehead atoms. The summed E-state index contributed by atoms with van der Waals surface area (Å²) in [7, 11) is 0. The van der Waals surface area contributed by atoms with E-state index in [4.69, 9.17) is 0 Å². The Labute approximate surface area is 168 Å². The number of rotatable bonds is 3. The first kappa shape index (κ1) is 20.0. The molecule has 7 nitrogen and oxygen atoms in total. The molecule has 2 amide bonds. The van der Waals surface area contributed by atoms with Crippen LogP contribution in [0.1, 0.15) is 31.3 Å². The van der Waals surface area contributed by atoms with E-state index in [-0.39, 0.29) is 11.4 Å². The lowest BCUT2D eigenvalue weighted by Gasteiger charge is -2.08. The first-order chi connectivity index (χ1) is 13.2. The van der Waals surface area contributed by atoms with Gasteiger partial charge in [-0.2, -0.15) is 18.3 Å². The Morgan fingerprint density at radius 3 is 2.39 bits per heavy atom. The molecular formula is C16H11BrF3N5O2S. The summed E-state index contributed by atoms with van der Waals surface area (Å²) in [6, 6.07) is 5.33.